The number of nitrogens with two attached hydrogens (primary N) is 1. The first-order valence-corrected chi connectivity index (χ1v) is 6.20. The van der Waals surface area contributed by atoms with Crippen LogP contribution in [0.4, 0.5) is 5.69 Å². The minimum atomic E-state index is -1.26. The maximum absolute atomic E-state index is 9.55. The molecule has 0 aromatic heterocycles. The molecule has 0 saturated carbocycles. The Kier molecular flexibility index (Phi) is 6.71. The standard InChI is InChI=1S/C12H11NO.C4H4O4/c13-10-6-8-12(9-7-10)14-11-4-2-1-3-5-11;5-3(6)1-2-4(7)8/h1-9H,13H2;1-2H,(H,5,6)(H,7,8). The van der Waals surface area contributed by atoms with Crippen LogP contribution in [0, 0.1) is 0 Å². The van der Waals surface area contributed by atoms with E-state index in [1.807, 2.05) is 54.6 Å². The number of carboxylic acid groups (broad SMARTS) is 2. The van der Waals surface area contributed by atoms with Crippen molar-refractivity contribution in [2.24, 2.45) is 0 Å². The highest BCUT2D eigenvalue weighted by molar-refractivity contribution is 5.89. The van der Waals surface area contributed by atoms with Gasteiger partial charge < -0.3 is 20.7 Å². The van der Waals surface area contributed by atoms with Crippen molar-refractivity contribution in [1.29, 1.82) is 0 Å². The second kappa shape index (κ2) is 8.80. The molecule has 2 aromatic rings. The van der Waals surface area contributed by atoms with E-state index in [4.69, 9.17) is 20.7 Å². The van der Waals surface area contributed by atoms with Crippen LogP contribution < -0.4 is 10.5 Å². The van der Waals surface area contributed by atoms with E-state index in [0.717, 1.165) is 17.2 Å². The van der Waals surface area contributed by atoms with Gasteiger partial charge in [-0.2, -0.15) is 0 Å². The van der Waals surface area contributed by atoms with E-state index in [2.05, 4.69) is 0 Å². The van der Waals surface area contributed by atoms with Crippen LogP contribution in [-0.4, -0.2) is 22.2 Å². The lowest BCUT2D eigenvalue weighted by atomic mass is 10.3. The average molecular weight is 301 g/mol. The summed E-state index contributed by atoms with van der Waals surface area (Å²) in [5.41, 5.74) is 6.31. The van der Waals surface area contributed by atoms with E-state index in [9.17, 15) is 9.59 Å². The number of benzene rings is 2. The van der Waals surface area contributed by atoms with Crippen molar-refractivity contribution in [2.45, 2.75) is 0 Å². The maximum atomic E-state index is 9.55. The van der Waals surface area contributed by atoms with Gasteiger partial charge in [0.05, 0.1) is 0 Å². The van der Waals surface area contributed by atoms with Crippen LogP contribution in [0.2, 0.25) is 0 Å². The average Bonchev–Trinajstić information content (AvgIpc) is 2.49. The quantitative estimate of drug-likeness (QED) is 0.591. The number of hydrogen-bond acceptors (Lipinski definition) is 4. The minimum Gasteiger partial charge on any atom is -0.478 e. The van der Waals surface area contributed by atoms with Crippen molar-refractivity contribution in [3.63, 3.8) is 0 Å². The third kappa shape index (κ3) is 7.34. The molecule has 0 aliphatic heterocycles. The molecule has 0 fully saturated rings. The van der Waals surface area contributed by atoms with Crippen LogP contribution in [0.15, 0.2) is 66.7 Å². The minimum absolute atomic E-state index is 0.558. The van der Waals surface area contributed by atoms with E-state index in [0.29, 0.717) is 12.2 Å². The summed E-state index contributed by atoms with van der Waals surface area (Å²) in [6, 6.07) is 17.0. The number of carbonyl (C=O) groups is 2. The normalized spacial score (nSPS) is 9.64. The first kappa shape index (κ1) is 16.8. The summed E-state index contributed by atoms with van der Waals surface area (Å²) in [6.45, 7) is 0. The van der Waals surface area contributed by atoms with Gasteiger partial charge in [-0.05, 0) is 36.4 Å². The van der Waals surface area contributed by atoms with Gasteiger partial charge in [-0.3, -0.25) is 0 Å². The lowest BCUT2D eigenvalue weighted by Crippen LogP contribution is -1.91. The van der Waals surface area contributed by atoms with Crippen molar-refractivity contribution in [3.8, 4) is 11.5 Å². The largest absolute Gasteiger partial charge is 0.478 e. The third-order valence-electron chi connectivity index (χ3n) is 2.23. The Morgan fingerprint density at radius 3 is 1.73 bits per heavy atom. The van der Waals surface area contributed by atoms with Crippen LogP contribution in [0.1, 0.15) is 0 Å². The number of rotatable bonds is 4. The van der Waals surface area contributed by atoms with Crippen molar-refractivity contribution < 1.29 is 24.5 Å². The number of carboxylic acids is 2. The zero-order chi connectivity index (χ0) is 16.4. The summed E-state index contributed by atoms with van der Waals surface area (Å²) in [7, 11) is 0. The van der Waals surface area contributed by atoms with E-state index in [-0.39, 0.29) is 0 Å². The SMILES string of the molecule is Nc1ccc(Oc2ccccc2)cc1.O=C(O)C=CC(=O)O. The molecule has 0 heterocycles. The molecule has 0 atom stereocenters. The zero-order valence-electron chi connectivity index (χ0n) is 11.5. The molecule has 0 aliphatic carbocycles. The highest BCUT2D eigenvalue weighted by Gasteiger charge is 1.94. The Labute approximate surface area is 127 Å². The topological polar surface area (TPSA) is 110 Å². The molecular formula is C16H15NO5. The number of para-hydroxylation sites is 1. The van der Waals surface area contributed by atoms with Gasteiger partial charge in [0.25, 0.3) is 0 Å². The van der Waals surface area contributed by atoms with Crippen molar-refractivity contribution >= 4 is 17.6 Å². The lowest BCUT2D eigenvalue weighted by molar-refractivity contribution is -0.134. The molecule has 6 nitrogen and oxygen atoms in total. The summed E-state index contributed by atoms with van der Waals surface area (Å²) in [4.78, 5) is 19.1. The van der Waals surface area contributed by atoms with Crippen LogP contribution in [0.5, 0.6) is 11.5 Å². The van der Waals surface area contributed by atoms with Crippen LogP contribution in [-0.2, 0) is 9.59 Å². The molecule has 114 valence electrons. The zero-order valence-corrected chi connectivity index (χ0v) is 11.5. The molecule has 0 saturated heterocycles. The molecular weight excluding hydrogens is 286 g/mol. The van der Waals surface area contributed by atoms with Crippen LogP contribution in [0.3, 0.4) is 0 Å². The Morgan fingerprint density at radius 2 is 1.27 bits per heavy atom. The number of ether oxygens (including phenoxy) is 1. The molecule has 0 amide bonds. The predicted octanol–water partition coefficient (Wildman–Crippen LogP) is 2.77. The van der Waals surface area contributed by atoms with E-state index < -0.39 is 11.9 Å². The predicted molar refractivity (Wildman–Crippen MR) is 81.8 cm³/mol. The fraction of sp³-hybridized carbons (Fsp3) is 0. The fourth-order valence-electron chi connectivity index (χ4n) is 1.30. The first-order chi connectivity index (χ1) is 10.5. The number of hydrogen-bond donors (Lipinski definition) is 3. The second-order valence-corrected chi connectivity index (χ2v) is 3.99. The summed E-state index contributed by atoms with van der Waals surface area (Å²) in [5.74, 6) is -0.887. The Hall–Kier alpha value is -3.28. The second-order valence-electron chi connectivity index (χ2n) is 3.99. The molecule has 22 heavy (non-hydrogen) atoms. The van der Waals surface area contributed by atoms with Crippen molar-refractivity contribution in [1.82, 2.24) is 0 Å². The number of nitrogen functional groups attached to an aromatic ring is 1. The molecule has 2 rings (SSSR count). The van der Waals surface area contributed by atoms with Gasteiger partial charge in [-0.15, -0.1) is 0 Å². The van der Waals surface area contributed by atoms with Gasteiger partial charge in [0.1, 0.15) is 11.5 Å². The van der Waals surface area contributed by atoms with Gasteiger partial charge in [0.15, 0.2) is 0 Å². The Bertz CT molecular complexity index is 619. The molecule has 0 bridgehead atoms. The Morgan fingerprint density at radius 1 is 0.818 bits per heavy atom. The van der Waals surface area contributed by atoms with Crippen LogP contribution >= 0.6 is 0 Å². The maximum Gasteiger partial charge on any atom is 0.328 e. The molecule has 0 aliphatic rings. The first-order valence-electron chi connectivity index (χ1n) is 6.20. The molecule has 0 radical (unpaired) electrons. The van der Waals surface area contributed by atoms with Crippen molar-refractivity contribution in [3.05, 3.63) is 66.7 Å². The van der Waals surface area contributed by atoms with E-state index in [1.165, 1.54) is 0 Å². The molecule has 2 aromatic carbocycles. The highest BCUT2D eigenvalue weighted by Crippen LogP contribution is 2.21. The molecule has 0 unspecified atom stereocenters. The summed E-state index contributed by atoms with van der Waals surface area (Å²) < 4.78 is 5.58. The third-order valence-corrected chi connectivity index (χ3v) is 2.23. The van der Waals surface area contributed by atoms with Gasteiger partial charge in [0.2, 0.25) is 0 Å². The lowest BCUT2D eigenvalue weighted by Gasteiger charge is -2.04. The van der Waals surface area contributed by atoms with Gasteiger partial charge in [0, 0.05) is 17.8 Å². The highest BCUT2D eigenvalue weighted by atomic mass is 16.5. The van der Waals surface area contributed by atoms with Crippen LogP contribution in [0.25, 0.3) is 0 Å². The summed E-state index contributed by atoms with van der Waals surface area (Å²) in [6.07, 6.45) is 1.12. The smallest absolute Gasteiger partial charge is 0.328 e. The van der Waals surface area contributed by atoms with Gasteiger partial charge >= 0.3 is 11.9 Å². The summed E-state index contributed by atoms with van der Waals surface area (Å²) >= 11 is 0. The van der Waals surface area contributed by atoms with Gasteiger partial charge in [-0.25, -0.2) is 9.59 Å². The molecule has 0 spiro atoms. The fourth-order valence-corrected chi connectivity index (χ4v) is 1.30. The molecule has 4 N–H and O–H groups in total. The summed E-state index contributed by atoms with van der Waals surface area (Å²) in [5, 5.41) is 15.6. The Balaban J connectivity index is 0.000000261. The van der Waals surface area contributed by atoms with Gasteiger partial charge in [-0.1, -0.05) is 18.2 Å². The van der Waals surface area contributed by atoms with E-state index in [1.54, 1.807) is 0 Å². The molecule has 6 heteroatoms. The van der Waals surface area contributed by atoms with Crippen molar-refractivity contribution in [2.75, 3.05) is 5.73 Å². The monoisotopic (exact) mass is 301 g/mol. The number of aliphatic carboxylic acids is 2. The van der Waals surface area contributed by atoms with E-state index >= 15 is 0 Å². The number of anilines is 1.